The Balaban J connectivity index is 2.08. The standard InChI is InChI=1S/C8H10O3/c1-10-8(9)6-4-5-2-3-7(6)11-5/h2-3,5-7H,4H2,1H3. The van der Waals surface area contributed by atoms with E-state index in [9.17, 15) is 4.79 Å². The average Bonchev–Trinajstić information content (AvgIpc) is 2.62. The summed E-state index contributed by atoms with van der Waals surface area (Å²) in [6.07, 6.45) is 4.87. The third kappa shape index (κ3) is 0.959. The SMILES string of the molecule is COC(=O)C1CC2C=CC1O2. The Kier molecular flexibility index (Phi) is 1.46. The lowest BCUT2D eigenvalue weighted by atomic mass is 9.95. The van der Waals surface area contributed by atoms with E-state index in [-0.39, 0.29) is 24.1 Å². The van der Waals surface area contributed by atoms with E-state index in [0.717, 1.165) is 6.42 Å². The number of methoxy groups -OCH3 is 1. The third-order valence-corrected chi connectivity index (χ3v) is 2.23. The number of rotatable bonds is 1. The summed E-state index contributed by atoms with van der Waals surface area (Å²) in [4.78, 5) is 11.1. The predicted octanol–water partition coefficient (Wildman–Crippen LogP) is 0.503. The molecule has 3 atom stereocenters. The Morgan fingerprint density at radius 1 is 1.64 bits per heavy atom. The molecule has 11 heavy (non-hydrogen) atoms. The molecule has 0 aliphatic carbocycles. The fourth-order valence-corrected chi connectivity index (χ4v) is 1.66. The van der Waals surface area contributed by atoms with Crippen molar-refractivity contribution < 1.29 is 14.3 Å². The van der Waals surface area contributed by atoms with Crippen molar-refractivity contribution in [3.8, 4) is 0 Å². The van der Waals surface area contributed by atoms with Crippen molar-refractivity contribution in [2.75, 3.05) is 7.11 Å². The maximum atomic E-state index is 11.1. The van der Waals surface area contributed by atoms with Gasteiger partial charge < -0.3 is 9.47 Å². The Bertz CT molecular complexity index is 209. The summed E-state index contributed by atoms with van der Waals surface area (Å²) in [7, 11) is 1.41. The molecule has 3 unspecified atom stereocenters. The lowest BCUT2D eigenvalue weighted by molar-refractivity contribution is -0.146. The molecular weight excluding hydrogens is 144 g/mol. The van der Waals surface area contributed by atoms with Crippen LogP contribution in [0.15, 0.2) is 12.2 Å². The van der Waals surface area contributed by atoms with Gasteiger partial charge in [0.2, 0.25) is 0 Å². The lowest BCUT2D eigenvalue weighted by Crippen LogP contribution is -2.24. The van der Waals surface area contributed by atoms with Gasteiger partial charge in [0.1, 0.15) is 0 Å². The normalized spacial score (nSPS) is 39.5. The van der Waals surface area contributed by atoms with E-state index in [2.05, 4.69) is 4.74 Å². The molecule has 1 fully saturated rings. The second-order valence-electron chi connectivity index (χ2n) is 2.89. The summed E-state index contributed by atoms with van der Waals surface area (Å²) >= 11 is 0. The zero-order valence-corrected chi connectivity index (χ0v) is 6.32. The molecule has 0 N–H and O–H groups in total. The summed E-state index contributed by atoms with van der Waals surface area (Å²) in [6.45, 7) is 0. The molecule has 0 aromatic carbocycles. The molecule has 2 bridgehead atoms. The van der Waals surface area contributed by atoms with Gasteiger partial charge in [-0.3, -0.25) is 4.79 Å². The molecule has 2 heterocycles. The van der Waals surface area contributed by atoms with Crippen LogP contribution in [0.3, 0.4) is 0 Å². The molecule has 3 nitrogen and oxygen atoms in total. The van der Waals surface area contributed by atoms with E-state index in [1.54, 1.807) is 0 Å². The number of carbonyl (C=O) groups is 1. The van der Waals surface area contributed by atoms with Gasteiger partial charge in [-0.05, 0) is 6.42 Å². The zero-order chi connectivity index (χ0) is 7.84. The van der Waals surface area contributed by atoms with Crippen molar-refractivity contribution in [3.63, 3.8) is 0 Å². The van der Waals surface area contributed by atoms with Crippen molar-refractivity contribution in [1.82, 2.24) is 0 Å². The summed E-state index contributed by atoms with van der Waals surface area (Å²) in [6, 6.07) is 0. The first-order valence-electron chi connectivity index (χ1n) is 3.73. The fourth-order valence-electron chi connectivity index (χ4n) is 1.66. The number of hydrogen-bond donors (Lipinski definition) is 0. The Hall–Kier alpha value is -0.830. The molecule has 60 valence electrons. The molecule has 2 rings (SSSR count). The van der Waals surface area contributed by atoms with Crippen LogP contribution in [0.1, 0.15) is 6.42 Å². The zero-order valence-electron chi connectivity index (χ0n) is 6.32. The van der Waals surface area contributed by atoms with Gasteiger partial charge in [0.15, 0.2) is 0 Å². The first-order valence-corrected chi connectivity index (χ1v) is 3.73. The monoisotopic (exact) mass is 154 g/mol. The second kappa shape index (κ2) is 2.34. The quantitative estimate of drug-likeness (QED) is 0.407. The predicted molar refractivity (Wildman–Crippen MR) is 37.9 cm³/mol. The number of hydrogen-bond acceptors (Lipinski definition) is 3. The van der Waals surface area contributed by atoms with Crippen LogP contribution >= 0.6 is 0 Å². The van der Waals surface area contributed by atoms with Gasteiger partial charge in [0, 0.05) is 0 Å². The van der Waals surface area contributed by atoms with Gasteiger partial charge in [-0.2, -0.15) is 0 Å². The van der Waals surface area contributed by atoms with E-state index in [0.29, 0.717) is 0 Å². The second-order valence-corrected chi connectivity index (χ2v) is 2.89. The average molecular weight is 154 g/mol. The highest BCUT2D eigenvalue weighted by molar-refractivity contribution is 5.74. The summed E-state index contributed by atoms with van der Waals surface area (Å²) in [5, 5.41) is 0. The van der Waals surface area contributed by atoms with Crippen LogP contribution in [0, 0.1) is 5.92 Å². The van der Waals surface area contributed by atoms with Gasteiger partial charge in [-0.25, -0.2) is 0 Å². The maximum Gasteiger partial charge on any atom is 0.311 e. The summed E-state index contributed by atoms with van der Waals surface area (Å²) in [5.74, 6) is -0.211. The molecule has 0 radical (unpaired) electrons. The third-order valence-electron chi connectivity index (χ3n) is 2.23. The van der Waals surface area contributed by atoms with Crippen LogP contribution in [0.2, 0.25) is 0 Å². The van der Waals surface area contributed by atoms with Gasteiger partial charge in [-0.15, -0.1) is 0 Å². The molecule has 0 saturated carbocycles. The van der Waals surface area contributed by atoms with Gasteiger partial charge in [0.25, 0.3) is 0 Å². The van der Waals surface area contributed by atoms with E-state index >= 15 is 0 Å². The minimum absolute atomic E-state index is 0.0209. The number of ether oxygens (including phenoxy) is 2. The van der Waals surface area contributed by atoms with Crippen molar-refractivity contribution in [2.45, 2.75) is 18.6 Å². The highest BCUT2D eigenvalue weighted by Gasteiger charge is 2.41. The highest BCUT2D eigenvalue weighted by Crippen LogP contribution is 2.34. The number of fused-ring (bicyclic) bond motifs is 2. The van der Waals surface area contributed by atoms with Crippen LogP contribution < -0.4 is 0 Å². The Morgan fingerprint density at radius 3 is 2.91 bits per heavy atom. The summed E-state index contributed by atoms with van der Waals surface area (Å²) in [5.41, 5.74) is 0. The van der Waals surface area contributed by atoms with Crippen LogP contribution in [0.4, 0.5) is 0 Å². The van der Waals surface area contributed by atoms with Crippen LogP contribution in [0.25, 0.3) is 0 Å². The Morgan fingerprint density at radius 2 is 2.45 bits per heavy atom. The van der Waals surface area contributed by atoms with E-state index in [1.165, 1.54) is 7.11 Å². The van der Waals surface area contributed by atoms with E-state index < -0.39 is 0 Å². The molecule has 3 heteroatoms. The van der Waals surface area contributed by atoms with Crippen molar-refractivity contribution in [2.24, 2.45) is 5.92 Å². The maximum absolute atomic E-state index is 11.1. The first kappa shape index (κ1) is 6.85. The molecular formula is C8H10O3. The van der Waals surface area contributed by atoms with Crippen molar-refractivity contribution >= 4 is 5.97 Å². The molecule has 2 aliphatic rings. The molecule has 1 saturated heterocycles. The molecule has 0 aromatic heterocycles. The largest absolute Gasteiger partial charge is 0.469 e. The fraction of sp³-hybridized carbons (Fsp3) is 0.625. The molecule has 0 amide bonds. The van der Waals surface area contributed by atoms with Gasteiger partial charge >= 0.3 is 5.97 Å². The smallest absolute Gasteiger partial charge is 0.311 e. The Labute approximate surface area is 65.0 Å². The van der Waals surface area contributed by atoms with Crippen LogP contribution in [-0.2, 0) is 14.3 Å². The molecule has 0 spiro atoms. The van der Waals surface area contributed by atoms with E-state index in [1.807, 2.05) is 12.2 Å². The van der Waals surface area contributed by atoms with Gasteiger partial charge in [0.05, 0.1) is 25.2 Å². The lowest BCUT2D eigenvalue weighted by Gasteiger charge is -2.11. The molecule has 0 aromatic rings. The summed E-state index contributed by atoms with van der Waals surface area (Å²) < 4.78 is 10.0. The minimum atomic E-state index is -0.151. The van der Waals surface area contributed by atoms with Crippen LogP contribution in [-0.4, -0.2) is 25.3 Å². The van der Waals surface area contributed by atoms with Crippen molar-refractivity contribution in [1.29, 1.82) is 0 Å². The van der Waals surface area contributed by atoms with E-state index in [4.69, 9.17) is 4.74 Å². The van der Waals surface area contributed by atoms with Crippen LogP contribution in [0.5, 0.6) is 0 Å². The molecule has 2 aliphatic heterocycles. The minimum Gasteiger partial charge on any atom is -0.469 e. The van der Waals surface area contributed by atoms with Gasteiger partial charge in [-0.1, -0.05) is 12.2 Å². The number of esters is 1. The number of carbonyl (C=O) groups excluding carboxylic acids is 1. The first-order chi connectivity index (χ1) is 5.31. The van der Waals surface area contributed by atoms with Crippen molar-refractivity contribution in [3.05, 3.63) is 12.2 Å². The highest BCUT2D eigenvalue weighted by atomic mass is 16.5. The topological polar surface area (TPSA) is 35.5 Å².